The molecule has 0 bridgehead atoms. The molecule has 0 aliphatic rings. The summed E-state index contributed by atoms with van der Waals surface area (Å²) in [6.45, 7) is 0. The van der Waals surface area contributed by atoms with Gasteiger partial charge in [-0.25, -0.2) is 13.4 Å². The summed E-state index contributed by atoms with van der Waals surface area (Å²) in [5, 5.41) is 7.88. The molecular formula is C19H15ClN4O3S3. The number of hydrogen-bond donors (Lipinski definition) is 3. The molecule has 0 atom stereocenters. The summed E-state index contributed by atoms with van der Waals surface area (Å²) >= 11 is 12.3. The van der Waals surface area contributed by atoms with Gasteiger partial charge >= 0.3 is 0 Å². The molecule has 11 heteroatoms. The highest BCUT2D eigenvalue weighted by molar-refractivity contribution is 7.93. The lowest BCUT2D eigenvalue weighted by atomic mass is 10.2. The third-order valence-corrected chi connectivity index (χ3v) is 6.35. The van der Waals surface area contributed by atoms with E-state index in [4.69, 9.17) is 23.8 Å². The van der Waals surface area contributed by atoms with E-state index in [1.807, 2.05) is 6.07 Å². The predicted octanol–water partition coefficient (Wildman–Crippen LogP) is 4.12. The van der Waals surface area contributed by atoms with E-state index >= 15 is 0 Å². The first-order chi connectivity index (χ1) is 14.3. The Balaban J connectivity index is 1.56. The molecule has 3 rings (SSSR count). The summed E-state index contributed by atoms with van der Waals surface area (Å²) in [6.07, 6.45) is 4.40. The zero-order chi connectivity index (χ0) is 21.6. The molecule has 2 aromatic carbocycles. The van der Waals surface area contributed by atoms with Gasteiger partial charge in [-0.05, 0) is 54.2 Å². The molecule has 0 unspecified atom stereocenters. The van der Waals surface area contributed by atoms with Crippen molar-refractivity contribution in [3.8, 4) is 0 Å². The number of rotatable bonds is 6. The molecule has 3 aromatic rings. The number of hydrogen-bond acceptors (Lipinski definition) is 6. The second-order valence-electron chi connectivity index (χ2n) is 5.77. The van der Waals surface area contributed by atoms with Gasteiger partial charge in [-0.3, -0.25) is 14.8 Å². The van der Waals surface area contributed by atoms with Crippen LogP contribution >= 0.6 is 35.2 Å². The van der Waals surface area contributed by atoms with Crippen LogP contribution in [0.4, 0.5) is 10.8 Å². The van der Waals surface area contributed by atoms with Gasteiger partial charge in [-0.15, -0.1) is 11.3 Å². The molecule has 0 saturated carbocycles. The molecule has 0 fully saturated rings. The van der Waals surface area contributed by atoms with Crippen LogP contribution in [0.2, 0.25) is 5.02 Å². The number of halogens is 1. The molecule has 7 nitrogen and oxygen atoms in total. The van der Waals surface area contributed by atoms with E-state index in [1.165, 1.54) is 47.9 Å². The molecule has 1 aromatic heterocycles. The normalized spacial score (nSPS) is 11.2. The summed E-state index contributed by atoms with van der Waals surface area (Å²) < 4.78 is 27.0. The van der Waals surface area contributed by atoms with E-state index in [0.29, 0.717) is 16.3 Å². The minimum atomic E-state index is -3.74. The van der Waals surface area contributed by atoms with E-state index in [-0.39, 0.29) is 15.1 Å². The molecule has 30 heavy (non-hydrogen) atoms. The molecule has 0 aliphatic carbocycles. The minimum absolute atomic E-state index is 0.0697. The van der Waals surface area contributed by atoms with Gasteiger partial charge in [-0.1, -0.05) is 29.8 Å². The van der Waals surface area contributed by atoms with E-state index < -0.39 is 15.9 Å². The van der Waals surface area contributed by atoms with Crippen molar-refractivity contribution >= 4 is 73.1 Å². The maximum absolute atomic E-state index is 12.3. The van der Waals surface area contributed by atoms with Crippen molar-refractivity contribution in [1.82, 2.24) is 10.3 Å². The Hall–Kier alpha value is -2.79. The van der Waals surface area contributed by atoms with E-state index in [9.17, 15) is 13.2 Å². The van der Waals surface area contributed by atoms with E-state index in [1.54, 1.807) is 29.7 Å². The SMILES string of the molecule is O=C(/C=C/c1ccccc1Cl)NC(=S)Nc1ccc(S(=O)(=O)Nc2nccs2)cc1. The largest absolute Gasteiger partial charge is 0.332 e. The quantitative estimate of drug-likeness (QED) is 0.364. The number of thiazole rings is 1. The number of anilines is 2. The summed E-state index contributed by atoms with van der Waals surface area (Å²) in [6, 6.07) is 13.0. The summed E-state index contributed by atoms with van der Waals surface area (Å²) in [7, 11) is -3.74. The number of thiocarbonyl (C=S) groups is 1. The highest BCUT2D eigenvalue weighted by Crippen LogP contribution is 2.19. The first-order valence-electron chi connectivity index (χ1n) is 8.40. The Bertz CT molecular complexity index is 1180. The summed E-state index contributed by atoms with van der Waals surface area (Å²) in [5.74, 6) is -0.431. The molecule has 0 radical (unpaired) electrons. The van der Waals surface area contributed by atoms with Gasteiger partial charge in [0.25, 0.3) is 10.0 Å². The van der Waals surface area contributed by atoms with Gasteiger partial charge < -0.3 is 5.32 Å². The van der Waals surface area contributed by atoms with Crippen LogP contribution < -0.4 is 15.4 Å². The van der Waals surface area contributed by atoms with Gasteiger partial charge in [-0.2, -0.15) is 0 Å². The van der Waals surface area contributed by atoms with Crippen LogP contribution in [0.3, 0.4) is 0 Å². The number of benzene rings is 2. The fourth-order valence-electron chi connectivity index (χ4n) is 2.26. The number of amides is 1. The lowest BCUT2D eigenvalue weighted by molar-refractivity contribution is -0.115. The van der Waals surface area contributed by atoms with Crippen LogP contribution in [0.5, 0.6) is 0 Å². The highest BCUT2D eigenvalue weighted by Gasteiger charge is 2.15. The van der Waals surface area contributed by atoms with Crippen LogP contribution in [0, 0.1) is 0 Å². The third-order valence-electron chi connectivity index (χ3n) is 3.63. The van der Waals surface area contributed by atoms with Crippen molar-refractivity contribution in [2.75, 3.05) is 10.0 Å². The lowest BCUT2D eigenvalue weighted by Gasteiger charge is -2.09. The topological polar surface area (TPSA) is 100 Å². The Kier molecular flexibility index (Phi) is 7.16. The monoisotopic (exact) mass is 478 g/mol. The number of sulfonamides is 1. The Morgan fingerprint density at radius 1 is 1.13 bits per heavy atom. The second kappa shape index (κ2) is 9.81. The fourth-order valence-corrected chi connectivity index (χ4v) is 4.46. The Morgan fingerprint density at radius 3 is 2.53 bits per heavy atom. The molecule has 3 N–H and O–H groups in total. The van der Waals surface area contributed by atoms with Crippen molar-refractivity contribution in [3.05, 3.63) is 76.8 Å². The average molecular weight is 479 g/mol. The van der Waals surface area contributed by atoms with E-state index in [2.05, 4.69) is 20.3 Å². The van der Waals surface area contributed by atoms with Crippen molar-refractivity contribution in [2.24, 2.45) is 0 Å². The van der Waals surface area contributed by atoms with Crippen molar-refractivity contribution in [3.63, 3.8) is 0 Å². The Morgan fingerprint density at radius 2 is 1.87 bits per heavy atom. The van der Waals surface area contributed by atoms with Crippen LogP contribution in [0.25, 0.3) is 6.08 Å². The third kappa shape index (κ3) is 6.10. The lowest BCUT2D eigenvalue weighted by Crippen LogP contribution is -2.32. The smallest absolute Gasteiger partial charge is 0.263 e. The molecule has 154 valence electrons. The number of aromatic nitrogens is 1. The van der Waals surface area contributed by atoms with Gasteiger partial charge in [0.15, 0.2) is 10.2 Å². The second-order valence-corrected chi connectivity index (χ2v) is 9.16. The van der Waals surface area contributed by atoms with Crippen LogP contribution in [0.15, 0.2) is 71.1 Å². The van der Waals surface area contributed by atoms with Crippen molar-refractivity contribution in [2.45, 2.75) is 4.90 Å². The highest BCUT2D eigenvalue weighted by atomic mass is 35.5. The van der Waals surface area contributed by atoms with Crippen molar-refractivity contribution in [1.29, 1.82) is 0 Å². The molecule has 0 spiro atoms. The van der Waals surface area contributed by atoms with Crippen LogP contribution in [-0.4, -0.2) is 24.4 Å². The zero-order valence-electron chi connectivity index (χ0n) is 15.2. The van der Waals surface area contributed by atoms with Crippen LogP contribution in [0.1, 0.15) is 5.56 Å². The molecular weight excluding hydrogens is 464 g/mol. The number of carbonyl (C=O) groups is 1. The molecule has 1 amide bonds. The van der Waals surface area contributed by atoms with Gasteiger partial charge in [0, 0.05) is 28.4 Å². The predicted molar refractivity (Wildman–Crippen MR) is 124 cm³/mol. The number of carbonyl (C=O) groups excluding carboxylic acids is 1. The maximum atomic E-state index is 12.3. The van der Waals surface area contributed by atoms with E-state index in [0.717, 1.165) is 0 Å². The fraction of sp³-hybridized carbons (Fsp3) is 0. The first-order valence-corrected chi connectivity index (χ1v) is 11.6. The van der Waals surface area contributed by atoms with Crippen molar-refractivity contribution < 1.29 is 13.2 Å². The molecule has 0 aliphatic heterocycles. The molecule has 0 saturated heterocycles. The Labute approximate surface area is 187 Å². The zero-order valence-corrected chi connectivity index (χ0v) is 18.4. The summed E-state index contributed by atoms with van der Waals surface area (Å²) in [5.41, 5.74) is 1.22. The first kappa shape index (κ1) is 21.9. The number of nitrogens with zero attached hydrogens (tertiary/aromatic N) is 1. The summed E-state index contributed by atoms with van der Waals surface area (Å²) in [4.78, 5) is 16.0. The average Bonchev–Trinajstić information content (AvgIpc) is 3.20. The number of nitrogens with one attached hydrogen (secondary N) is 3. The minimum Gasteiger partial charge on any atom is -0.332 e. The van der Waals surface area contributed by atoms with Gasteiger partial charge in [0.1, 0.15) is 0 Å². The molecule has 1 heterocycles. The van der Waals surface area contributed by atoms with Crippen LogP contribution in [-0.2, 0) is 14.8 Å². The van der Waals surface area contributed by atoms with Gasteiger partial charge in [0.05, 0.1) is 4.90 Å². The standard InChI is InChI=1S/C19H15ClN4O3S3/c20-16-4-2-1-3-13(16)5-10-17(25)23-18(28)22-14-6-8-15(9-7-14)30(26,27)24-19-21-11-12-29-19/h1-12H,(H,21,24)(H2,22,23,25,28)/b10-5+. The maximum Gasteiger partial charge on any atom is 0.263 e. The van der Waals surface area contributed by atoms with Gasteiger partial charge in [0.2, 0.25) is 5.91 Å².